The number of aromatic hydroxyl groups is 1. The van der Waals surface area contributed by atoms with Crippen LogP contribution in [0, 0.1) is 0 Å². The third kappa shape index (κ3) is 2.18. The van der Waals surface area contributed by atoms with Gasteiger partial charge in [-0.2, -0.15) is 0 Å². The maximum atomic E-state index is 9.18. The van der Waals surface area contributed by atoms with Crippen LogP contribution < -0.4 is 0 Å². The zero-order valence-electron chi connectivity index (χ0n) is 6.87. The van der Waals surface area contributed by atoms with Crippen LogP contribution in [0.15, 0.2) is 27.6 Å². The molecule has 1 heterocycles. The summed E-state index contributed by atoms with van der Waals surface area (Å²) in [5, 5.41) is 9.75. The molecule has 0 unspecified atom stereocenters. The minimum atomic E-state index is 0.293. The lowest BCUT2D eigenvalue weighted by atomic mass is 10.3. The van der Waals surface area contributed by atoms with Gasteiger partial charge in [-0.1, -0.05) is 0 Å². The van der Waals surface area contributed by atoms with Crippen LogP contribution in [0.4, 0.5) is 0 Å². The summed E-state index contributed by atoms with van der Waals surface area (Å²) in [5.41, 5.74) is 0. The molecule has 1 aliphatic rings. The first-order valence-electron chi connectivity index (χ1n) is 3.98. The summed E-state index contributed by atoms with van der Waals surface area (Å²) < 4.78 is 6.03. The molecule has 0 amide bonds. The van der Waals surface area contributed by atoms with Gasteiger partial charge in [0.05, 0.1) is 18.5 Å². The lowest BCUT2D eigenvalue weighted by Gasteiger charge is -2.25. The molecule has 13 heavy (non-hydrogen) atoms. The quantitative estimate of drug-likeness (QED) is 0.887. The van der Waals surface area contributed by atoms with E-state index in [0.717, 1.165) is 22.6 Å². The summed E-state index contributed by atoms with van der Waals surface area (Å²) in [4.78, 5) is 1.16. The number of phenols is 1. The Bertz CT molecular complexity index is 312. The van der Waals surface area contributed by atoms with E-state index in [4.69, 9.17) is 4.74 Å². The summed E-state index contributed by atoms with van der Waals surface area (Å²) in [6.07, 6.45) is 0. The van der Waals surface area contributed by atoms with Gasteiger partial charge in [-0.05, 0) is 34.1 Å². The monoisotopic (exact) mass is 260 g/mol. The molecule has 1 aliphatic heterocycles. The summed E-state index contributed by atoms with van der Waals surface area (Å²) >= 11 is 5.19. The molecule has 0 atom stereocenters. The van der Waals surface area contributed by atoms with Crippen molar-refractivity contribution in [2.45, 2.75) is 10.1 Å². The lowest BCUT2D eigenvalue weighted by molar-refractivity contribution is 0.0455. The van der Waals surface area contributed by atoms with Gasteiger partial charge in [-0.15, -0.1) is 11.8 Å². The average Bonchev–Trinajstić information content (AvgIpc) is 1.99. The van der Waals surface area contributed by atoms with Gasteiger partial charge in [-0.25, -0.2) is 0 Å². The number of hydrogen-bond donors (Lipinski definition) is 1. The Morgan fingerprint density at radius 1 is 1.46 bits per heavy atom. The number of thioether (sulfide) groups is 1. The lowest BCUT2D eigenvalue weighted by Crippen LogP contribution is -2.30. The molecular weight excluding hydrogens is 252 g/mol. The summed E-state index contributed by atoms with van der Waals surface area (Å²) in [7, 11) is 0. The molecule has 0 saturated carbocycles. The highest BCUT2D eigenvalue weighted by Crippen LogP contribution is 2.35. The van der Waals surface area contributed by atoms with Crippen LogP contribution in [0.5, 0.6) is 5.75 Å². The van der Waals surface area contributed by atoms with E-state index in [2.05, 4.69) is 15.9 Å². The standard InChI is InChI=1S/C9H9BrO2S/c10-8-3-6(11)1-2-9(8)13-7-4-12-5-7/h1-3,7,11H,4-5H2. The van der Waals surface area contributed by atoms with Gasteiger partial charge < -0.3 is 9.84 Å². The first-order chi connectivity index (χ1) is 6.25. The van der Waals surface area contributed by atoms with Crippen LogP contribution in [0.3, 0.4) is 0 Å². The second kappa shape index (κ2) is 3.90. The molecule has 1 N–H and O–H groups in total. The molecule has 0 aromatic heterocycles. The normalized spacial score (nSPS) is 17.0. The number of benzene rings is 1. The molecule has 0 spiro atoms. The summed E-state index contributed by atoms with van der Waals surface area (Å²) in [6, 6.07) is 5.33. The zero-order valence-corrected chi connectivity index (χ0v) is 9.27. The van der Waals surface area contributed by atoms with E-state index in [1.165, 1.54) is 0 Å². The van der Waals surface area contributed by atoms with Crippen molar-refractivity contribution in [3.8, 4) is 5.75 Å². The average molecular weight is 261 g/mol. The molecule has 1 aromatic carbocycles. The Morgan fingerprint density at radius 2 is 2.23 bits per heavy atom. The molecule has 1 fully saturated rings. The molecule has 0 aliphatic carbocycles. The molecule has 1 saturated heterocycles. The third-order valence-corrected chi connectivity index (χ3v) is 3.95. The maximum Gasteiger partial charge on any atom is 0.116 e. The minimum absolute atomic E-state index is 0.293. The van der Waals surface area contributed by atoms with Crippen molar-refractivity contribution < 1.29 is 9.84 Å². The molecule has 2 nitrogen and oxygen atoms in total. The summed E-state index contributed by atoms with van der Waals surface area (Å²) in [6.45, 7) is 1.66. The van der Waals surface area contributed by atoms with E-state index < -0.39 is 0 Å². The Kier molecular flexibility index (Phi) is 2.81. The van der Waals surface area contributed by atoms with E-state index in [1.54, 1.807) is 23.9 Å². The molecule has 0 bridgehead atoms. The number of hydrogen-bond acceptors (Lipinski definition) is 3. The number of ether oxygens (including phenoxy) is 1. The van der Waals surface area contributed by atoms with E-state index in [0.29, 0.717) is 11.0 Å². The Hall–Kier alpha value is -0.190. The van der Waals surface area contributed by atoms with Gasteiger partial charge in [0.25, 0.3) is 0 Å². The Morgan fingerprint density at radius 3 is 2.77 bits per heavy atom. The SMILES string of the molecule is Oc1ccc(SC2COC2)c(Br)c1. The second-order valence-electron chi connectivity index (χ2n) is 2.89. The topological polar surface area (TPSA) is 29.5 Å². The van der Waals surface area contributed by atoms with Gasteiger partial charge >= 0.3 is 0 Å². The van der Waals surface area contributed by atoms with Crippen LogP contribution in [0.2, 0.25) is 0 Å². The van der Waals surface area contributed by atoms with Crippen LogP contribution in [-0.2, 0) is 4.74 Å². The van der Waals surface area contributed by atoms with Gasteiger partial charge in [0.2, 0.25) is 0 Å². The fraction of sp³-hybridized carbons (Fsp3) is 0.333. The minimum Gasteiger partial charge on any atom is -0.508 e. The maximum absolute atomic E-state index is 9.18. The fourth-order valence-corrected chi connectivity index (χ4v) is 2.70. The van der Waals surface area contributed by atoms with Gasteiger partial charge in [0.1, 0.15) is 5.75 Å². The largest absolute Gasteiger partial charge is 0.508 e. The highest BCUT2D eigenvalue weighted by Gasteiger charge is 2.20. The van der Waals surface area contributed by atoms with Crippen LogP contribution >= 0.6 is 27.7 Å². The van der Waals surface area contributed by atoms with Gasteiger partial charge in [0.15, 0.2) is 0 Å². The van der Waals surface area contributed by atoms with Crippen molar-refractivity contribution in [1.82, 2.24) is 0 Å². The van der Waals surface area contributed by atoms with Gasteiger partial charge in [-0.3, -0.25) is 0 Å². The van der Waals surface area contributed by atoms with Crippen molar-refractivity contribution in [2.75, 3.05) is 13.2 Å². The Labute approximate surface area is 89.4 Å². The highest BCUT2D eigenvalue weighted by atomic mass is 79.9. The highest BCUT2D eigenvalue weighted by molar-refractivity contribution is 9.10. The fourth-order valence-electron chi connectivity index (χ4n) is 1.05. The molecule has 70 valence electrons. The number of halogens is 1. The first-order valence-corrected chi connectivity index (χ1v) is 5.66. The molecule has 4 heteroatoms. The van der Waals surface area contributed by atoms with Crippen LogP contribution in [-0.4, -0.2) is 23.6 Å². The Balaban J connectivity index is 2.10. The van der Waals surface area contributed by atoms with E-state index in [-0.39, 0.29) is 0 Å². The summed E-state index contributed by atoms with van der Waals surface area (Å²) in [5.74, 6) is 0.293. The van der Waals surface area contributed by atoms with E-state index in [1.807, 2.05) is 6.07 Å². The third-order valence-electron chi connectivity index (χ3n) is 1.82. The van der Waals surface area contributed by atoms with Crippen molar-refractivity contribution >= 4 is 27.7 Å². The number of rotatable bonds is 2. The van der Waals surface area contributed by atoms with E-state index >= 15 is 0 Å². The van der Waals surface area contributed by atoms with Crippen molar-refractivity contribution in [3.63, 3.8) is 0 Å². The van der Waals surface area contributed by atoms with Crippen molar-refractivity contribution in [1.29, 1.82) is 0 Å². The number of phenolic OH excluding ortho intramolecular Hbond substituents is 1. The molecular formula is C9H9BrO2S. The van der Waals surface area contributed by atoms with Gasteiger partial charge in [0, 0.05) is 9.37 Å². The van der Waals surface area contributed by atoms with Crippen LogP contribution in [0.1, 0.15) is 0 Å². The van der Waals surface area contributed by atoms with Crippen LogP contribution in [0.25, 0.3) is 0 Å². The molecule has 2 rings (SSSR count). The molecule has 0 radical (unpaired) electrons. The van der Waals surface area contributed by atoms with Crippen molar-refractivity contribution in [3.05, 3.63) is 22.7 Å². The predicted molar refractivity (Wildman–Crippen MR) is 56.3 cm³/mol. The van der Waals surface area contributed by atoms with E-state index in [9.17, 15) is 5.11 Å². The smallest absolute Gasteiger partial charge is 0.116 e. The second-order valence-corrected chi connectivity index (χ2v) is 5.09. The zero-order chi connectivity index (χ0) is 9.26. The predicted octanol–water partition coefficient (Wildman–Crippen LogP) is 2.65. The first kappa shape index (κ1) is 9.37. The van der Waals surface area contributed by atoms with Crippen molar-refractivity contribution in [2.24, 2.45) is 0 Å². The molecule has 1 aromatic rings.